The summed E-state index contributed by atoms with van der Waals surface area (Å²) in [5.41, 5.74) is 8.65. The van der Waals surface area contributed by atoms with Crippen molar-refractivity contribution in [1.29, 1.82) is 0 Å². The number of hydrogen-bond acceptors (Lipinski definition) is 1. The van der Waals surface area contributed by atoms with Crippen LogP contribution in [0.15, 0.2) is 54.9 Å². The number of fused-ring (bicyclic) bond motifs is 6. The minimum Gasteiger partial charge on any atom is -0.246 e. The quantitative estimate of drug-likeness (QED) is 0.312. The van der Waals surface area contributed by atoms with E-state index in [9.17, 15) is 0 Å². The predicted molar refractivity (Wildman–Crippen MR) is 88.2 cm³/mol. The summed E-state index contributed by atoms with van der Waals surface area (Å²) >= 11 is 0. The van der Waals surface area contributed by atoms with Crippen molar-refractivity contribution in [1.82, 2.24) is 9.38 Å². The average molecular weight is 298 g/mol. The lowest BCUT2D eigenvalue weighted by molar-refractivity contribution is -0.644. The molecule has 0 saturated carbocycles. The maximum atomic E-state index is 4.72. The largest absolute Gasteiger partial charge is 0.302 e. The normalized spacial score (nSPS) is 13.3. The summed E-state index contributed by atoms with van der Waals surface area (Å²) in [6.07, 6.45) is 4.04. The molecule has 6 rings (SSSR count). The number of nitrogens with zero attached hydrogens (tertiary/aromatic N) is 4. The molecule has 0 fully saturated rings. The molecular formula is C19H14N4+2. The van der Waals surface area contributed by atoms with Crippen LogP contribution in [0.2, 0.25) is 0 Å². The van der Waals surface area contributed by atoms with E-state index in [2.05, 4.69) is 63.2 Å². The summed E-state index contributed by atoms with van der Waals surface area (Å²) < 4.78 is 7.00. The van der Waals surface area contributed by atoms with Gasteiger partial charge >= 0.3 is 5.65 Å². The summed E-state index contributed by atoms with van der Waals surface area (Å²) in [5.74, 6) is 0. The van der Waals surface area contributed by atoms with Crippen LogP contribution in [0.5, 0.6) is 0 Å². The first kappa shape index (κ1) is 11.5. The fourth-order valence-electron chi connectivity index (χ4n) is 4.17. The van der Waals surface area contributed by atoms with Gasteiger partial charge in [0.15, 0.2) is 28.3 Å². The summed E-state index contributed by atoms with van der Waals surface area (Å²) in [7, 11) is 2.11. The Hall–Kier alpha value is -3.01. The van der Waals surface area contributed by atoms with Crippen molar-refractivity contribution in [3.63, 3.8) is 0 Å². The molecule has 108 valence electrons. The Bertz CT molecular complexity index is 1300. The van der Waals surface area contributed by atoms with Crippen LogP contribution in [0, 0.1) is 0 Å². The molecule has 5 heterocycles. The van der Waals surface area contributed by atoms with Gasteiger partial charge in [-0.3, -0.25) is 0 Å². The molecular weight excluding hydrogens is 284 g/mol. The third-order valence-corrected chi connectivity index (χ3v) is 5.09. The van der Waals surface area contributed by atoms with Crippen molar-refractivity contribution in [3.8, 4) is 0 Å². The highest BCUT2D eigenvalue weighted by Crippen LogP contribution is 2.33. The third kappa shape index (κ3) is 1.19. The summed E-state index contributed by atoms with van der Waals surface area (Å²) in [6.45, 7) is 0.931. The second kappa shape index (κ2) is 3.66. The van der Waals surface area contributed by atoms with E-state index in [1.807, 2.05) is 12.3 Å². The van der Waals surface area contributed by atoms with Gasteiger partial charge in [-0.25, -0.2) is 9.55 Å². The molecule has 5 aromatic rings. The molecule has 0 amide bonds. The van der Waals surface area contributed by atoms with Gasteiger partial charge in [0.25, 0.3) is 5.52 Å². The molecule has 4 heteroatoms. The van der Waals surface area contributed by atoms with E-state index >= 15 is 0 Å². The standard InChI is InChI=1S/C19H14N4/c1-21-10-8-12-11-22-13-5-2-3-6-14(13)23-15-7-4-9-20-17(15)18(21)16(12)19(22)23/h2-10H,11H2,1H3/q+2. The number of aryl methyl sites for hydroxylation is 1. The van der Waals surface area contributed by atoms with Crippen molar-refractivity contribution < 1.29 is 9.13 Å². The van der Waals surface area contributed by atoms with Crippen LogP contribution >= 0.6 is 0 Å². The van der Waals surface area contributed by atoms with E-state index in [1.165, 1.54) is 38.7 Å². The first-order valence-corrected chi connectivity index (χ1v) is 7.85. The van der Waals surface area contributed by atoms with Crippen LogP contribution in [0.4, 0.5) is 0 Å². The molecule has 4 nitrogen and oxygen atoms in total. The number of imidazole rings is 1. The molecule has 0 bridgehead atoms. The molecule has 0 atom stereocenters. The first-order chi connectivity index (χ1) is 11.3. The number of benzene rings is 1. The second-order valence-electron chi connectivity index (χ2n) is 6.28. The Balaban J connectivity index is 2.13. The van der Waals surface area contributed by atoms with Crippen LogP contribution in [0.3, 0.4) is 0 Å². The number of para-hydroxylation sites is 2. The highest BCUT2D eigenvalue weighted by molar-refractivity contribution is 6.09. The summed E-state index contributed by atoms with van der Waals surface area (Å²) in [6, 6.07) is 15.1. The lowest BCUT2D eigenvalue weighted by Crippen LogP contribution is -2.30. The van der Waals surface area contributed by atoms with Crippen molar-refractivity contribution in [2.75, 3.05) is 0 Å². The van der Waals surface area contributed by atoms with Gasteiger partial charge in [0.2, 0.25) is 0 Å². The Kier molecular flexibility index (Phi) is 1.84. The van der Waals surface area contributed by atoms with Crippen molar-refractivity contribution >= 4 is 38.6 Å². The molecule has 0 aliphatic carbocycles. The van der Waals surface area contributed by atoms with Crippen LogP contribution in [-0.4, -0.2) is 9.38 Å². The Morgan fingerprint density at radius 2 is 1.91 bits per heavy atom. The lowest BCUT2D eigenvalue weighted by atomic mass is 10.1. The lowest BCUT2D eigenvalue weighted by Gasteiger charge is -2.01. The summed E-state index contributed by atoms with van der Waals surface area (Å²) in [4.78, 5) is 4.72. The monoisotopic (exact) mass is 298 g/mol. The molecule has 1 aromatic carbocycles. The highest BCUT2D eigenvalue weighted by Gasteiger charge is 2.35. The van der Waals surface area contributed by atoms with E-state index < -0.39 is 0 Å². The Morgan fingerprint density at radius 1 is 1.04 bits per heavy atom. The van der Waals surface area contributed by atoms with E-state index in [0.717, 1.165) is 12.1 Å². The number of aromatic nitrogens is 4. The molecule has 1 aliphatic rings. The zero-order valence-corrected chi connectivity index (χ0v) is 12.7. The fourth-order valence-corrected chi connectivity index (χ4v) is 4.17. The Labute approximate surface area is 131 Å². The maximum Gasteiger partial charge on any atom is 0.302 e. The predicted octanol–water partition coefficient (Wildman–Crippen LogP) is 2.27. The number of rotatable bonds is 0. The molecule has 0 unspecified atom stereocenters. The van der Waals surface area contributed by atoms with Crippen LogP contribution in [0.1, 0.15) is 5.56 Å². The average Bonchev–Trinajstić information content (AvgIpc) is 3.12. The van der Waals surface area contributed by atoms with Crippen LogP contribution in [0.25, 0.3) is 38.6 Å². The van der Waals surface area contributed by atoms with Gasteiger partial charge in [-0.2, -0.15) is 8.97 Å². The zero-order chi connectivity index (χ0) is 15.1. The minimum absolute atomic E-state index is 0.931. The smallest absolute Gasteiger partial charge is 0.246 e. The van der Waals surface area contributed by atoms with Gasteiger partial charge in [0, 0.05) is 17.8 Å². The highest BCUT2D eigenvalue weighted by atomic mass is 15.2. The van der Waals surface area contributed by atoms with E-state index in [1.54, 1.807) is 0 Å². The van der Waals surface area contributed by atoms with Crippen molar-refractivity contribution in [2.45, 2.75) is 6.54 Å². The van der Waals surface area contributed by atoms with Gasteiger partial charge in [-0.05, 0) is 24.3 Å². The van der Waals surface area contributed by atoms with Gasteiger partial charge in [0.1, 0.15) is 19.0 Å². The molecule has 1 aliphatic heterocycles. The zero-order valence-electron chi connectivity index (χ0n) is 12.7. The molecule has 4 aromatic heterocycles. The SMILES string of the molecule is C[n+]1ccc2c3c1c1ncccc1n1c4ccccc4[n+](c31)C2. The van der Waals surface area contributed by atoms with Crippen molar-refractivity contribution in [3.05, 3.63) is 60.4 Å². The molecule has 0 saturated heterocycles. The summed E-state index contributed by atoms with van der Waals surface area (Å²) in [5, 5.41) is 1.33. The van der Waals surface area contributed by atoms with Gasteiger partial charge < -0.3 is 0 Å². The van der Waals surface area contributed by atoms with Gasteiger partial charge in [-0.1, -0.05) is 12.1 Å². The van der Waals surface area contributed by atoms with E-state index in [4.69, 9.17) is 4.98 Å². The molecule has 23 heavy (non-hydrogen) atoms. The minimum atomic E-state index is 0.931. The molecule has 0 N–H and O–H groups in total. The Morgan fingerprint density at radius 3 is 2.87 bits per heavy atom. The van der Waals surface area contributed by atoms with Gasteiger partial charge in [-0.15, -0.1) is 0 Å². The maximum absolute atomic E-state index is 4.72. The van der Waals surface area contributed by atoms with Crippen LogP contribution < -0.4 is 9.13 Å². The third-order valence-electron chi connectivity index (χ3n) is 5.09. The first-order valence-electron chi connectivity index (χ1n) is 7.85. The van der Waals surface area contributed by atoms with Crippen molar-refractivity contribution in [2.24, 2.45) is 7.05 Å². The number of pyridine rings is 3. The topological polar surface area (TPSA) is 25.1 Å². The molecule has 0 spiro atoms. The van der Waals surface area contributed by atoms with Crippen LogP contribution in [-0.2, 0) is 13.6 Å². The molecule has 0 radical (unpaired) electrons. The second-order valence-corrected chi connectivity index (χ2v) is 6.28. The van der Waals surface area contributed by atoms with Gasteiger partial charge in [0.05, 0.1) is 0 Å². The van der Waals surface area contributed by atoms with E-state index in [0.29, 0.717) is 0 Å². The fraction of sp³-hybridized carbons (Fsp3) is 0.105. The number of hydrogen-bond donors (Lipinski definition) is 0. The van der Waals surface area contributed by atoms with E-state index in [-0.39, 0.29) is 0 Å².